The molecule has 14 heteroatoms. The zero-order valence-corrected chi connectivity index (χ0v) is 22.3. The van der Waals surface area contributed by atoms with Crippen molar-refractivity contribution in [1.82, 2.24) is 4.31 Å². The van der Waals surface area contributed by atoms with Crippen molar-refractivity contribution >= 4 is 32.8 Å². The van der Waals surface area contributed by atoms with Gasteiger partial charge in [-0.1, -0.05) is 36.5 Å². The summed E-state index contributed by atoms with van der Waals surface area (Å²) in [6.07, 6.45) is -4.73. The summed E-state index contributed by atoms with van der Waals surface area (Å²) in [6, 6.07) is 3.02. The molecule has 2 saturated heterocycles. The number of anilines is 1. The number of halogens is 6. The Hall–Kier alpha value is -2.00. The highest BCUT2D eigenvalue weighted by Crippen LogP contribution is 2.50. The molecule has 39 heavy (non-hydrogen) atoms. The van der Waals surface area contributed by atoms with E-state index in [2.05, 4.69) is 0 Å². The molecule has 3 aliphatic rings. The number of hydrogen-bond acceptors (Lipinski definition) is 6. The van der Waals surface area contributed by atoms with Gasteiger partial charge in [0.25, 0.3) is 5.60 Å². The van der Waals surface area contributed by atoms with Crippen LogP contribution in [0.4, 0.5) is 32.0 Å². The van der Waals surface area contributed by atoms with Crippen molar-refractivity contribution in [3.05, 3.63) is 53.0 Å². The van der Waals surface area contributed by atoms with E-state index in [1.807, 2.05) is 0 Å². The predicted octanol–water partition coefficient (Wildman–Crippen LogP) is 4.85. The molecule has 1 atom stereocenters. The van der Waals surface area contributed by atoms with Gasteiger partial charge in [-0.3, -0.25) is 0 Å². The summed E-state index contributed by atoms with van der Waals surface area (Å²) >= 11 is 5.27. The first kappa shape index (κ1) is 30.0. The fraction of sp³-hybridized carbons (Fsp3) is 0.560. The van der Waals surface area contributed by atoms with Gasteiger partial charge in [0.2, 0.25) is 10.0 Å². The van der Waals surface area contributed by atoms with E-state index < -0.39 is 39.6 Å². The number of ether oxygens (including phenoxy) is 1. The zero-order chi connectivity index (χ0) is 28.6. The van der Waals surface area contributed by atoms with E-state index in [1.54, 1.807) is 17.1 Å². The van der Waals surface area contributed by atoms with E-state index in [1.165, 1.54) is 10.4 Å². The molecule has 0 unspecified atom stereocenters. The van der Waals surface area contributed by atoms with E-state index >= 15 is 0 Å². The second-order valence-electron chi connectivity index (χ2n) is 9.84. The van der Waals surface area contributed by atoms with E-state index in [0.717, 1.165) is 25.0 Å². The summed E-state index contributed by atoms with van der Waals surface area (Å²) in [4.78, 5) is 2.17. The molecule has 2 fully saturated rings. The Morgan fingerprint density at radius 1 is 1.00 bits per heavy atom. The van der Waals surface area contributed by atoms with Gasteiger partial charge in [-0.2, -0.15) is 30.6 Å². The summed E-state index contributed by atoms with van der Waals surface area (Å²) in [5, 5.41) is 9.73. The van der Waals surface area contributed by atoms with Crippen molar-refractivity contribution in [3.8, 4) is 0 Å². The van der Waals surface area contributed by atoms with E-state index in [4.69, 9.17) is 17.0 Å². The van der Waals surface area contributed by atoms with Crippen LogP contribution in [0, 0.1) is 5.92 Å². The predicted molar refractivity (Wildman–Crippen MR) is 137 cm³/mol. The van der Waals surface area contributed by atoms with Gasteiger partial charge >= 0.3 is 12.4 Å². The molecule has 216 valence electrons. The second kappa shape index (κ2) is 11.1. The molecule has 1 aromatic rings. The minimum atomic E-state index is -5.98. The van der Waals surface area contributed by atoms with E-state index in [9.17, 15) is 39.9 Å². The molecule has 2 aliphatic heterocycles. The number of thiocarbonyl (C=S) groups is 1. The number of hydrogen-bond donors (Lipinski definition) is 1. The van der Waals surface area contributed by atoms with Gasteiger partial charge in [0.05, 0.1) is 4.91 Å². The van der Waals surface area contributed by atoms with Crippen LogP contribution in [0.15, 0.2) is 47.4 Å². The van der Waals surface area contributed by atoms with Gasteiger partial charge < -0.3 is 14.7 Å². The first-order valence-corrected chi connectivity index (χ1v) is 14.2. The first-order valence-electron chi connectivity index (χ1n) is 12.4. The Morgan fingerprint density at radius 2 is 1.62 bits per heavy atom. The largest absolute Gasteiger partial charge is 0.430 e. The topological polar surface area (TPSA) is 70.1 Å². The van der Waals surface area contributed by atoms with Crippen LogP contribution in [0.25, 0.3) is 0 Å². The Bertz CT molecular complexity index is 1210. The van der Waals surface area contributed by atoms with Crippen LogP contribution in [0.5, 0.6) is 0 Å². The summed E-state index contributed by atoms with van der Waals surface area (Å²) in [7, 11) is -3.90. The quantitative estimate of drug-likeness (QED) is 0.373. The van der Waals surface area contributed by atoms with Crippen molar-refractivity contribution < 1.29 is 44.6 Å². The maximum absolute atomic E-state index is 13.4. The maximum atomic E-state index is 13.4. The van der Waals surface area contributed by atoms with E-state index in [0.29, 0.717) is 48.7 Å². The van der Waals surface area contributed by atoms with Crippen LogP contribution in [-0.2, 0) is 20.4 Å². The first-order chi connectivity index (χ1) is 18.2. The van der Waals surface area contributed by atoms with Gasteiger partial charge in [-0.25, -0.2) is 8.42 Å². The Labute approximate surface area is 228 Å². The average Bonchev–Trinajstić information content (AvgIpc) is 2.88. The number of nitrogens with zero attached hydrogens (tertiary/aromatic N) is 2. The third-order valence-corrected chi connectivity index (χ3v) is 9.87. The van der Waals surface area contributed by atoms with Crippen LogP contribution < -0.4 is 4.90 Å². The number of rotatable bonds is 6. The Kier molecular flexibility index (Phi) is 8.54. The molecule has 0 radical (unpaired) electrons. The Morgan fingerprint density at radius 3 is 2.18 bits per heavy atom. The number of alkyl halides is 6. The third-order valence-electron chi connectivity index (χ3n) is 7.41. The molecular formula is C25H28F6N2O4S2. The highest BCUT2D eigenvalue weighted by molar-refractivity contribution is 7.96. The molecule has 6 nitrogen and oxygen atoms in total. The minimum absolute atomic E-state index is 0.0487. The highest BCUT2D eigenvalue weighted by Gasteiger charge is 2.71. The smallest absolute Gasteiger partial charge is 0.381 e. The van der Waals surface area contributed by atoms with Crippen molar-refractivity contribution in [3.63, 3.8) is 0 Å². The molecule has 0 aromatic heterocycles. The zero-order valence-electron chi connectivity index (χ0n) is 20.7. The fourth-order valence-corrected chi connectivity index (χ4v) is 7.30. The van der Waals surface area contributed by atoms with Crippen LogP contribution in [0.3, 0.4) is 0 Å². The van der Waals surface area contributed by atoms with Crippen LogP contribution in [0.2, 0.25) is 0 Å². The number of piperazine rings is 1. The van der Waals surface area contributed by atoms with Gasteiger partial charge in [0.15, 0.2) is 0 Å². The van der Waals surface area contributed by atoms with Crippen molar-refractivity contribution in [2.45, 2.75) is 49.7 Å². The SMILES string of the molecule is O=S(=O)(C1=CC=CCC1=S)N1CCN(c2ccc(C(O)(C(F)(F)F)C(F)(F)F)cc2)[C@H](CC2CCOCC2)C1. The number of benzene rings is 1. The summed E-state index contributed by atoms with van der Waals surface area (Å²) in [6.45, 7) is 1.38. The van der Waals surface area contributed by atoms with Crippen molar-refractivity contribution in [2.24, 2.45) is 5.92 Å². The lowest BCUT2D eigenvalue weighted by molar-refractivity contribution is -0.376. The molecule has 1 N–H and O–H groups in total. The average molecular weight is 599 g/mol. The third kappa shape index (κ3) is 5.90. The molecule has 4 rings (SSSR count). The highest BCUT2D eigenvalue weighted by atomic mass is 32.2. The minimum Gasteiger partial charge on any atom is -0.381 e. The van der Waals surface area contributed by atoms with Gasteiger partial charge in [-0.15, -0.1) is 0 Å². The Balaban J connectivity index is 1.63. The molecular weight excluding hydrogens is 570 g/mol. The van der Waals surface area contributed by atoms with E-state index in [-0.39, 0.29) is 30.5 Å². The monoisotopic (exact) mass is 598 g/mol. The normalized spacial score (nSPS) is 22.7. The van der Waals surface area contributed by atoms with Crippen molar-refractivity contribution in [1.29, 1.82) is 0 Å². The summed E-state index contributed by atoms with van der Waals surface area (Å²) < 4.78 is 114. The van der Waals surface area contributed by atoms with Gasteiger partial charge in [0.1, 0.15) is 0 Å². The molecule has 1 aromatic carbocycles. The number of allylic oxidation sites excluding steroid dienone is 4. The van der Waals surface area contributed by atoms with Gasteiger partial charge in [0, 0.05) is 61.4 Å². The molecule has 0 bridgehead atoms. The second-order valence-corrected chi connectivity index (χ2v) is 12.2. The number of aliphatic hydroxyl groups is 1. The fourth-order valence-electron chi connectivity index (χ4n) is 5.23. The lowest BCUT2D eigenvalue weighted by Crippen LogP contribution is -2.56. The van der Waals surface area contributed by atoms with Crippen LogP contribution in [0.1, 0.15) is 31.2 Å². The lowest BCUT2D eigenvalue weighted by Gasteiger charge is -2.44. The molecule has 0 amide bonds. The lowest BCUT2D eigenvalue weighted by atomic mass is 9.90. The molecule has 0 spiro atoms. The standard InChI is InChI=1S/C25H28F6N2O4S2/c26-24(27,28)23(34,25(29,30)31)18-5-7-19(8-6-18)33-12-11-32(16-20(33)15-17-9-13-37-14-10-17)39(35,36)22-4-2-1-3-21(22)38/h1-2,4-8,17,20,34H,3,9-16H2/t20-/m1/s1. The van der Waals surface area contributed by atoms with Crippen molar-refractivity contribution in [2.75, 3.05) is 37.7 Å². The summed E-state index contributed by atoms with van der Waals surface area (Å²) in [5.74, 6) is 0.201. The maximum Gasteiger partial charge on any atom is 0.430 e. The molecule has 2 heterocycles. The summed E-state index contributed by atoms with van der Waals surface area (Å²) in [5.41, 5.74) is -6.04. The van der Waals surface area contributed by atoms with Gasteiger partial charge in [-0.05, 0) is 43.4 Å². The van der Waals surface area contributed by atoms with Crippen LogP contribution in [-0.4, -0.2) is 73.9 Å². The number of sulfonamides is 1. The molecule has 0 saturated carbocycles. The molecule has 1 aliphatic carbocycles. The van der Waals surface area contributed by atoms with Crippen LogP contribution >= 0.6 is 12.2 Å².